The quantitative estimate of drug-likeness (QED) is 0.538. The van der Waals surface area contributed by atoms with Crippen LogP contribution in [0.15, 0.2) is 16.6 Å². The van der Waals surface area contributed by atoms with Crippen LogP contribution < -0.4 is 0 Å². The third-order valence-corrected chi connectivity index (χ3v) is 1.52. The third-order valence-electron chi connectivity index (χ3n) is 1.52. The molecule has 1 heteroatoms. The number of hydrogen-bond acceptors (Lipinski definition) is 1. The van der Waals surface area contributed by atoms with Crippen LogP contribution in [0.1, 0.15) is 40.0 Å². The zero-order valence-electron chi connectivity index (χ0n) is 7.93. The van der Waals surface area contributed by atoms with Crippen LogP contribution in [0.25, 0.3) is 0 Å². The van der Waals surface area contributed by atoms with Crippen molar-refractivity contribution in [2.75, 3.05) is 6.54 Å². The third kappa shape index (κ3) is 5.84. The molecular weight excluding hydrogens is 134 g/mol. The van der Waals surface area contributed by atoms with Crippen molar-refractivity contribution < 1.29 is 0 Å². The van der Waals surface area contributed by atoms with Crippen LogP contribution in [-0.4, -0.2) is 12.8 Å². The number of nitrogens with zero attached hydrogens (tertiary/aromatic N) is 1. The normalized spacial score (nSPS) is 12.8. The number of hydrogen-bond donors (Lipinski definition) is 0. The van der Waals surface area contributed by atoms with Gasteiger partial charge in [0, 0.05) is 12.8 Å². The Kier molecular flexibility index (Phi) is 7.11. The predicted octanol–water partition coefficient (Wildman–Crippen LogP) is 3.21. The van der Waals surface area contributed by atoms with E-state index < -0.39 is 0 Å². The first-order valence-corrected chi connectivity index (χ1v) is 4.50. The summed E-state index contributed by atoms with van der Waals surface area (Å²) in [7, 11) is 0. The van der Waals surface area contributed by atoms with Gasteiger partial charge in [-0.2, -0.15) is 0 Å². The number of aliphatic imine (C=N–C) groups is 1. The Morgan fingerprint density at radius 2 is 2.00 bits per heavy atom. The first-order chi connectivity index (χ1) is 5.35. The molecule has 0 unspecified atom stereocenters. The van der Waals surface area contributed by atoms with Crippen molar-refractivity contribution in [1.29, 1.82) is 0 Å². The minimum Gasteiger partial charge on any atom is -0.293 e. The van der Waals surface area contributed by atoms with Crippen LogP contribution in [0, 0.1) is 0 Å². The van der Waals surface area contributed by atoms with Gasteiger partial charge < -0.3 is 0 Å². The molecule has 0 aromatic carbocycles. The molecule has 1 nitrogen and oxygen atoms in total. The second-order valence-corrected chi connectivity index (χ2v) is 2.65. The number of allylic oxidation sites excluding steroid dienone is 2. The summed E-state index contributed by atoms with van der Waals surface area (Å²) in [5, 5.41) is 0. The summed E-state index contributed by atoms with van der Waals surface area (Å²) in [6.07, 6.45) is 7.65. The van der Waals surface area contributed by atoms with Crippen LogP contribution in [0.4, 0.5) is 0 Å². The van der Waals surface area contributed by atoms with E-state index in [4.69, 9.17) is 0 Å². The maximum Gasteiger partial charge on any atom is 0.0386 e. The van der Waals surface area contributed by atoms with Crippen molar-refractivity contribution >= 4 is 6.21 Å². The average Bonchev–Trinajstić information content (AvgIpc) is 2.03. The Labute approximate surface area is 70.2 Å². The molecule has 0 rings (SSSR count). The highest BCUT2D eigenvalue weighted by Gasteiger charge is 1.87. The molecular formula is C10H19N. The van der Waals surface area contributed by atoms with Gasteiger partial charge in [-0.1, -0.05) is 26.3 Å². The highest BCUT2D eigenvalue weighted by molar-refractivity contribution is 5.78. The summed E-state index contributed by atoms with van der Waals surface area (Å²) in [5.41, 5.74) is 1.36. The van der Waals surface area contributed by atoms with E-state index in [9.17, 15) is 0 Å². The van der Waals surface area contributed by atoms with Gasteiger partial charge in [-0.05, 0) is 25.3 Å². The van der Waals surface area contributed by atoms with Crippen molar-refractivity contribution in [1.82, 2.24) is 0 Å². The summed E-state index contributed by atoms with van der Waals surface area (Å²) in [5.74, 6) is 0. The van der Waals surface area contributed by atoms with Gasteiger partial charge in [0.05, 0.1) is 0 Å². The van der Waals surface area contributed by atoms with E-state index in [2.05, 4.69) is 31.8 Å². The smallest absolute Gasteiger partial charge is 0.0386 e. The molecule has 0 aromatic heterocycles. The molecule has 0 aliphatic carbocycles. The molecule has 0 saturated heterocycles. The van der Waals surface area contributed by atoms with Gasteiger partial charge in [-0.3, -0.25) is 4.99 Å². The second kappa shape index (κ2) is 7.52. The monoisotopic (exact) mass is 153 g/mol. The summed E-state index contributed by atoms with van der Waals surface area (Å²) in [6, 6.07) is 0. The van der Waals surface area contributed by atoms with Crippen molar-refractivity contribution in [2.45, 2.75) is 40.0 Å². The molecule has 0 saturated carbocycles. The average molecular weight is 153 g/mol. The highest BCUT2D eigenvalue weighted by atomic mass is 14.7. The molecule has 0 amide bonds. The molecule has 0 radical (unpaired) electrons. The summed E-state index contributed by atoms with van der Waals surface area (Å²) >= 11 is 0. The largest absolute Gasteiger partial charge is 0.293 e. The van der Waals surface area contributed by atoms with E-state index >= 15 is 0 Å². The van der Waals surface area contributed by atoms with Gasteiger partial charge in [0.1, 0.15) is 0 Å². The molecule has 64 valence electrons. The van der Waals surface area contributed by atoms with Gasteiger partial charge in [-0.25, -0.2) is 0 Å². The van der Waals surface area contributed by atoms with Crippen LogP contribution in [0.3, 0.4) is 0 Å². The fourth-order valence-electron chi connectivity index (χ4n) is 0.883. The van der Waals surface area contributed by atoms with E-state index in [1.54, 1.807) is 0 Å². The number of rotatable bonds is 5. The van der Waals surface area contributed by atoms with Crippen LogP contribution in [0.5, 0.6) is 0 Å². The molecule has 0 spiro atoms. The molecule has 0 aliphatic rings. The minimum absolute atomic E-state index is 0.959. The van der Waals surface area contributed by atoms with E-state index in [1.165, 1.54) is 12.0 Å². The van der Waals surface area contributed by atoms with E-state index in [0.717, 1.165) is 19.4 Å². The van der Waals surface area contributed by atoms with Gasteiger partial charge in [0.25, 0.3) is 0 Å². The topological polar surface area (TPSA) is 12.4 Å². The van der Waals surface area contributed by atoms with Crippen molar-refractivity contribution in [3.05, 3.63) is 11.6 Å². The van der Waals surface area contributed by atoms with E-state index in [-0.39, 0.29) is 0 Å². The Morgan fingerprint density at radius 3 is 2.45 bits per heavy atom. The molecule has 0 aromatic rings. The lowest BCUT2D eigenvalue weighted by molar-refractivity contribution is 0.918. The van der Waals surface area contributed by atoms with Crippen LogP contribution in [0.2, 0.25) is 0 Å². The zero-order valence-corrected chi connectivity index (χ0v) is 7.93. The Bertz CT molecular complexity index is 134. The lowest BCUT2D eigenvalue weighted by atomic mass is 10.1. The maximum absolute atomic E-state index is 4.29. The van der Waals surface area contributed by atoms with Gasteiger partial charge >= 0.3 is 0 Å². The molecule has 0 bridgehead atoms. The van der Waals surface area contributed by atoms with Gasteiger partial charge in [0.2, 0.25) is 0 Å². The van der Waals surface area contributed by atoms with E-state index in [1.807, 2.05) is 6.21 Å². The molecule has 0 heterocycles. The van der Waals surface area contributed by atoms with Gasteiger partial charge in [0.15, 0.2) is 0 Å². The minimum atomic E-state index is 0.959. The molecule has 0 N–H and O–H groups in total. The SMILES string of the molecule is C/C=C(\C=N/CCC)CCC. The van der Waals surface area contributed by atoms with Crippen LogP contribution in [-0.2, 0) is 0 Å². The van der Waals surface area contributed by atoms with Crippen molar-refractivity contribution in [2.24, 2.45) is 4.99 Å². The molecule has 0 fully saturated rings. The van der Waals surface area contributed by atoms with Crippen LogP contribution >= 0.6 is 0 Å². The highest BCUT2D eigenvalue weighted by Crippen LogP contribution is 2.00. The Hall–Kier alpha value is -0.590. The lowest BCUT2D eigenvalue weighted by Crippen LogP contribution is -1.85. The predicted molar refractivity (Wildman–Crippen MR) is 52.3 cm³/mol. The summed E-state index contributed by atoms with van der Waals surface area (Å²) in [4.78, 5) is 4.29. The van der Waals surface area contributed by atoms with Gasteiger partial charge in [-0.15, -0.1) is 0 Å². The van der Waals surface area contributed by atoms with E-state index in [0.29, 0.717) is 0 Å². The maximum atomic E-state index is 4.29. The fraction of sp³-hybridized carbons (Fsp3) is 0.700. The first kappa shape index (κ1) is 10.4. The molecule has 0 atom stereocenters. The summed E-state index contributed by atoms with van der Waals surface area (Å²) < 4.78 is 0. The Morgan fingerprint density at radius 1 is 1.27 bits per heavy atom. The molecule has 11 heavy (non-hydrogen) atoms. The standard InChI is InChI=1S/C10H19N/c1-4-7-10(6-3)9-11-8-5-2/h6,9H,4-5,7-8H2,1-3H3/b10-6-,11-9-. The van der Waals surface area contributed by atoms with Crippen molar-refractivity contribution in [3.8, 4) is 0 Å². The Balaban J connectivity index is 3.69. The lowest BCUT2D eigenvalue weighted by Gasteiger charge is -1.95. The zero-order chi connectivity index (χ0) is 8.53. The summed E-state index contributed by atoms with van der Waals surface area (Å²) in [6.45, 7) is 7.37. The molecule has 0 aliphatic heterocycles. The fourth-order valence-corrected chi connectivity index (χ4v) is 0.883. The first-order valence-electron chi connectivity index (χ1n) is 4.50. The van der Waals surface area contributed by atoms with Crippen molar-refractivity contribution in [3.63, 3.8) is 0 Å². The second-order valence-electron chi connectivity index (χ2n) is 2.65.